The topological polar surface area (TPSA) is 75.3 Å². The van der Waals surface area contributed by atoms with E-state index in [1.165, 1.54) is 0 Å². The van der Waals surface area contributed by atoms with Crippen LogP contribution in [0, 0.1) is 0 Å². The van der Waals surface area contributed by atoms with Crippen molar-refractivity contribution in [2.45, 2.75) is 51.1 Å². The molecule has 0 radical (unpaired) electrons. The standard InChI is InChI=1S/C16H25N5O/c1-2-7-20-8-3-5-16(14(20)22)6-4-9-21(16)12-13-10-18-15(17)19-11-13/h10-11H,2-9,12H2,1H3,(H2,17,18,19). The number of aromatic nitrogens is 2. The molecule has 2 saturated heterocycles. The number of likely N-dealkylation sites (tertiary alicyclic amines) is 2. The smallest absolute Gasteiger partial charge is 0.243 e. The second kappa shape index (κ2) is 6.20. The first-order chi connectivity index (χ1) is 10.7. The van der Waals surface area contributed by atoms with Crippen molar-refractivity contribution in [3.8, 4) is 0 Å². The molecule has 0 bridgehead atoms. The number of amides is 1. The van der Waals surface area contributed by atoms with E-state index in [1.807, 2.05) is 0 Å². The van der Waals surface area contributed by atoms with Gasteiger partial charge in [0.25, 0.3) is 0 Å². The van der Waals surface area contributed by atoms with Crippen LogP contribution in [-0.4, -0.2) is 50.8 Å². The molecule has 0 saturated carbocycles. The highest BCUT2D eigenvalue weighted by atomic mass is 16.2. The minimum Gasteiger partial charge on any atom is -0.368 e. The zero-order valence-corrected chi connectivity index (χ0v) is 13.3. The number of carbonyl (C=O) groups excluding carboxylic acids is 1. The van der Waals surface area contributed by atoms with Crippen molar-refractivity contribution in [2.24, 2.45) is 0 Å². The first-order valence-electron chi connectivity index (χ1n) is 8.26. The average Bonchev–Trinajstić information content (AvgIpc) is 2.90. The van der Waals surface area contributed by atoms with Gasteiger partial charge < -0.3 is 10.6 Å². The van der Waals surface area contributed by atoms with E-state index in [0.717, 1.165) is 63.8 Å². The summed E-state index contributed by atoms with van der Waals surface area (Å²) in [5, 5.41) is 0. The van der Waals surface area contributed by atoms with Crippen LogP contribution in [0.5, 0.6) is 0 Å². The molecule has 1 aromatic rings. The van der Waals surface area contributed by atoms with E-state index >= 15 is 0 Å². The number of carbonyl (C=O) groups is 1. The Labute approximate surface area is 131 Å². The number of nitrogens with two attached hydrogens (primary N) is 1. The minimum absolute atomic E-state index is 0.294. The van der Waals surface area contributed by atoms with Gasteiger partial charge in [-0.15, -0.1) is 0 Å². The van der Waals surface area contributed by atoms with Crippen LogP contribution in [0.15, 0.2) is 12.4 Å². The van der Waals surface area contributed by atoms with E-state index in [-0.39, 0.29) is 5.54 Å². The molecule has 120 valence electrons. The molecule has 6 nitrogen and oxygen atoms in total. The Balaban J connectivity index is 1.79. The fourth-order valence-corrected chi connectivity index (χ4v) is 3.91. The highest BCUT2D eigenvalue weighted by molar-refractivity contribution is 5.87. The van der Waals surface area contributed by atoms with E-state index in [2.05, 4.69) is 26.7 Å². The van der Waals surface area contributed by atoms with Crippen LogP contribution < -0.4 is 5.73 Å². The lowest BCUT2D eigenvalue weighted by atomic mass is 9.85. The molecule has 22 heavy (non-hydrogen) atoms. The largest absolute Gasteiger partial charge is 0.368 e. The van der Waals surface area contributed by atoms with Crippen molar-refractivity contribution in [1.82, 2.24) is 19.8 Å². The van der Waals surface area contributed by atoms with Gasteiger partial charge in [0.05, 0.1) is 0 Å². The Morgan fingerprint density at radius 2 is 1.91 bits per heavy atom. The van der Waals surface area contributed by atoms with Crippen LogP contribution in [0.3, 0.4) is 0 Å². The van der Waals surface area contributed by atoms with Gasteiger partial charge in [0, 0.05) is 37.6 Å². The van der Waals surface area contributed by atoms with Crippen LogP contribution in [0.2, 0.25) is 0 Å². The number of nitrogens with zero attached hydrogens (tertiary/aromatic N) is 4. The lowest BCUT2D eigenvalue weighted by Crippen LogP contribution is -2.59. The molecule has 1 spiro atoms. The van der Waals surface area contributed by atoms with Gasteiger partial charge in [0.2, 0.25) is 11.9 Å². The van der Waals surface area contributed by atoms with E-state index in [4.69, 9.17) is 5.73 Å². The first kappa shape index (κ1) is 15.2. The van der Waals surface area contributed by atoms with Crippen molar-refractivity contribution in [3.63, 3.8) is 0 Å². The predicted molar refractivity (Wildman–Crippen MR) is 84.9 cm³/mol. The Hall–Kier alpha value is -1.69. The van der Waals surface area contributed by atoms with Crippen molar-refractivity contribution < 1.29 is 4.79 Å². The van der Waals surface area contributed by atoms with Crippen molar-refractivity contribution in [1.29, 1.82) is 0 Å². The van der Waals surface area contributed by atoms with Crippen LogP contribution in [-0.2, 0) is 11.3 Å². The summed E-state index contributed by atoms with van der Waals surface area (Å²) in [6, 6.07) is 0. The maximum absolute atomic E-state index is 13.0. The van der Waals surface area contributed by atoms with Gasteiger partial charge >= 0.3 is 0 Å². The molecule has 6 heteroatoms. The summed E-state index contributed by atoms with van der Waals surface area (Å²) in [5.41, 5.74) is 6.28. The molecule has 2 aliphatic heterocycles. The Bertz CT molecular complexity index is 530. The van der Waals surface area contributed by atoms with Crippen LogP contribution in [0.4, 0.5) is 5.95 Å². The normalized spacial score (nSPS) is 26.0. The minimum atomic E-state index is -0.297. The average molecular weight is 303 g/mol. The number of anilines is 1. The van der Waals surface area contributed by atoms with E-state index in [0.29, 0.717) is 11.9 Å². The van der Waals surface area contributed by atoms with Gasteiger partial charge in [0.15, 0.2) is 0 Å². The molecule has 0 aliphatic carbocycles. The molecule has 2 N–H and O–H groups in total. The van der Waals surface area contributed by atoms with Crippen molar-refractivity contribution in [2.75, 3.05) is 25.4 Å². The summed E-state index contributed by atoms with van der Waals surface area (Å²) in [5.74, 6) is 0.622. The third kappa shape index (κ3) is 2.67. The zero-order valence-electron chi connectivity index (χ0n) is 13.3. The van der Waals surface area contributed by atoms with Gasteiger partial charge in [-0.1, -0.05) is 6.92 Å². The molecular formula is C16H25N5O. The van der Waals surface area contributed by atoms with Crippen LogP contribution >= 0.6 is 0 Å². The SMILES string of the molecule is CCCN1CCCC2(CCCN2Cc2cnc(N)nc2)C1=O. The number of rotatable bonds is 4. The highest BCUT2D eigenvalue weighted by Crippen LogP contribution is 2.39. The fraction of sp³-hybridized carbons (Fsp3) is 0.688. The van der Waals surface area contributed by atoms with Gasteiger partial charge in [-0.3, -0.25) is 9.69 Å². The van der Waals surface area contributed by atoms with Crippen LogP contribution in [0.1, 0.15) is 44.6 Å². The van der Waals surface area contributed by atoms with Gasteiger partial charge in [-0.25, -0.2) is 9.97 Å². The number of piperidine rings is 1. The molecule has 0 aromatic carbocycles. The zero-order chi connectivity index (χ0) is 15.6. The predicted octanol–water partition coefficient (Wildman–Crippen LogP) is 1.43. The van der Waals surface area contributed by atoms with Crippen LogP contribution in [0.25, 0.3) is 0 Å². The Morgan fingerprint density at radius 3 is 2.59 bits per heavy atom. The van der Waals surface area contributed by atoms with E-state index in [9.17, 15) is 4.79 Å². The maximum atomic E-state index is 13.0. The quantitative estimate of drug-likeness (QED) is 0.910. The summed E-state index contributed by atoms with van der Waals surface area (Å²) in [6.07, 6.45) is 8.69. The van der Waals surface area contributed by atoms with Crippen molar-refractivity contribution in [3.05, 3.63) is 18.0 Å². The van der Waals surface area contributed by atoms with E-state index in [1.54, 1.807) is 12.4 Å². The lowest BCUT2D eigenvalue weighted by molar-refractivity contribution is -0.147. The molecule has 2 aliphatic rings. The fourth-order valence-electron chi connectivity index (χ4n) is 3.91. The van der Waals surface area contributed by atoms with E-state index < -0.39 is 0 Å². The number of nitrogen functional groups attached to an aromatic ring is 1. The second-order valence-electron chi connectivity index (χ2n) is 6.40. The summed E-state index contributed by atoms with van der Waals surface area (Å²) < 4.78 is 0. The monoisotopic (exact) mass is 303 g/mol. The molecule has 1 atom stereocenters. The molecule has 2 fully saturated rings. The van der Waals surface area contributed by atoms with Gasteiger partial charge in [0.1, 0.15) is 5.54 Å². The summed E-state index contributed by atoms with van der Waals surface area (Å²) in [6.45, 7) is 5.61. The Morgan fingerprint density at radius 1 is 1.23 bits per heavy atom. The summed E-state index contributed by atoms with van der Waals surface area (Å²) in [7, 11) is 0. The summed E-state index contributed by atoms with van der Waals surface area (Å²) in [4.78, 5) is 25.5. The molecular weight excluding hydrogens is 278 g/mol. The molecule has 3 rings (SSSR count). The maximum Gasteiger partial charge on any atom is 0.243 e. The lowest BCUT2D eigenvalue weighted by Gasteiger charge is -2.44. The molecule has 1 aromatic heterocycles. The third-order valence-corrected chi connectivity index (χ3v) is 4.92. The van der Waals surface area contributed by atoms with Gasteiger partial charge in [-0.2, -0.15) is 0 Å². The Kier molecular flexibility index (Phi) is 4.29. The molecule has 1 amide bonds. The number of hydrogen-bond acceptors (Lipinski definition) is 5. The second-order valence-corrected chi connectivity index (χ2v) is 6.40. The molecule has 3 heterocycles. The summed E-state index contributed by atoms with van der Waals surface area (Å²) >= 11 is 0. The number of hydrogen-bond donors (Lipinski definition) is 1. The molecule has 1 unspecified atom stereocenters. The third-order valence-electron chi connectivity index (χ3n) is 4.92. The highest BCUT2D eigenvalue weighted by Gasteiger charge is 2.50. The first-order valence-corrected chi connectivity index (χ1v) is 8.26. The van der Waals surface area contributed by atoms with Crippen molar-refractivity contribution >= 4 is 11.9 Å². The van der Waals surface area contributed by atoms with Gasteiger partial charge in [-0.05, 0) is 38.6 Å².